The Bertz CT molecular complexity index is 3250. The van der Waals surface area contributed by atoms with Crippen molar-refractivity contribution in [1.82, 2.24) is 31.9 Å². The van der Waals surface area contributed by atoms with Gasteiger partial charge in [-0.3, -0.25) is 76.9 Å². The second-order valence-corrected chi connectivity index (χ2v) is 33.3. The predicted octanol–water partition coefficient (Wildman–Crippen LogP) is 4.87. The number of phenols is 1. The van der Waals surface area contributed by atoms with Gasteiger partial charge < -0.3 is 86.7 Å². The molecule has 0 saturated carbocycles. The number of phenolic OH excluding ortho intramolecular Hbond substituents is 1. The first-order chi connectivity index (χ1) is 55.6. The highest BCUT2D eigenvalue weighted by molar-refractivity contribution is 7.98. The average molecular weight is 1690 g/mol. The lowest BCUT2D eigenvalue weighted by Crippen LogP contribution is -2.51. The molecule has 12 atom stereocenters. The van der Waals surface area contributed by atoms with E-state index in [4.69, 9.17) is 34.4 Å². The van der Waals surface area contributed by atoms with Crippen LogP contribution in [0.1, 0.15) is 252 Å². The van der Waals surface area contributed by atoms with Gasteiger partial charge in [-0.15, -0.1) is 0 Å². The molecule has 0 aliphatic carbocycles. The molecular formula is C83H141N13O19S2. The van der Waals surface area contributed by atoms with Crippen LogP contribution in [0.15, 0.2) is 29.3 Å². The number of carbonyl (C=O) groups is 15. The van der Waals surface area contributed by atoms with Crippen molar-refractivity contribution < 1.29 is 92.3 Å². The first-order valence-electron chi connectivity index (χ1n) is 41.9. The fourth-order valence-electron chi connectivity index (χ4n) is 13.7. The minimum Gasteiger partial charge on any atom is -0.508 e. The van der Waals surface area contributed by atoms with Gasteiger partial charge in [-0.1, -0.05) is 116 Å². The number of carboxylic acid groups (broad SMARTS) is 1. The number of aromatic hydroxyl groups is 1. The van der Waals surface area contributed by atoms with Crippen LogP contribution in [0.5, 0.6) is 5.75 Å². The lowest BCUT2D eigenvalue weighted by molar-refractivity contribution is -0.141. The number of hydrogen-bond acceptors (Lipinski definition) is 23. The lowest BCUT2D eigenvalue weighted by atomic mass is 9.87. The Kier molecular flexibility index (Phi) is 57.8. The highest BCUT2D eigenvalue weighted by Crippen LogP contribution is 2.26. The second kappa shape index (κ2) is 63.2. The molecule has 664 valence electrons. The summed E-state index contributed by atoms with van der Waals surface area (Å²) in [7, 11) is 0. The van der Waals surface area contributed by atoms with Crippen molar-refractivity contribution in [2.24, 2.45) is 80.8 Å². The van der Waals surface area contributed by atoms with Crippen LogP contribution >= 0.6 is 23.5 Å². The summed E-state index contributed by atoms with van der Waals surface area (Å²) < 4.78 is 0. The molecule has 0 unspecified atom stereocenters. The summed E-state index contributed by atoms with van der Waals surface area (Å²) in [4.78, 5) is 210. The van der Waals surface area contributed by atoms with Crippen LogP contribution in [0.25, 0.3) is 0 Å². The number of nitrogens with zero attached hydrogens (tertiary/aromatic N) is 1. The lowest BCUT2D eigenvalue weighted by Gasteiger charge is -2.27. The fraction of sp³-hybridized carbons (Fsp3) is 0.735. The number of hydrogen-bond donors (Lipinski definition) is 16. The number of rotatable bonds is 73. The van der Waals surface area contributed by atoms with Crippen LogP contribution in [0.2, 0.25) is 0 Å². The Hall–Kier alpha value is -7.92. The van der Waals surface area contributed by atoms with Crippen LogP contribution in [0.4, 0.5) is 0 Å². The standard InChI is InChI=1S/C83H141N13O19S2/c1-7-8-9-10-11-12-13-14-15-16-17-18-19-26-62(100)44-57(35-40-116-5)77(110)91-51-63(101)45-59(43-55-29-31-61(99)32-30-55)80(113)94-67(33-34-74(86)106)70(102)46-56(25-20-22-37-84)78(111)92-65(27-21-23-38-85)71(103)47-58(42-53(2)3)79(112)93-66(28-24-39-90-83(88)89)72(104)48-60(52-97)81(114)95-68(36-41-117-6)73(105)49-64(54(4)98)82(115)96-69(76(87)109)50-75(107)108/h29-32,53-54,56-60,64-69,97-99H,7-28,33-52,84-85H2,1-6H3,(H2,86,106)(H2,87,109)(H,91,110)(H,92,111)(H,93,112)(H,94,113)(H,95,114)(H,96,115)(H,107,108)(H4,88,89,90)/t54-,56-,57+,58-,59-,60+,64+,65+,66+,67+,68+,69+/m1/s1. The van der Waals surface area contributed by atoms with Gasteiger partial charge in [-0.25, -0.2) is 0 Å². The SMILES string of the molecule is CCCCCCCCCCCCCCCC(=O)C[C@H](CCSC)C(=O)NCC(=O)C[C@@H](Cc1ccc(O)cc1)C(=O)N[C@@H](CCC(N)=O)C(=O)C[C@@H](CCCCN)C(=O)N[C@@H](CCCCN)C(=O)C[C@@H](CC(C)C)C(=O)N[C@@H](CCCN=C(N)N)C(=O)C[C@@H](CO)C(=O)N[C@@H](CCSC)C(=O)C[C@H](C(=O)N[C@@H](CC(=O)O)C(N)=O)[C@@H](C)O. The molecule has 0 bridgehead atoms. The maximum Gasteiger partial charge on any atom is 0.305 e. The number of aliphatic hydroxyl groups excluding tert-OH is 2. The molecule has 0 radical (unpaired) electrons. The number of carboxylic acids is 1. The van der Waals surface area contributed by atoms with E-state index in [1.807, 2.05) is 6.26 Å². The Balaban J connectivity index is 3.60. The van der Waals surface area contributed by atoms with Gasteiger partial charge in [0.1, 0.15) is 17.6 Å². The third-order valence-corrected chi connectivity index (χ3v) is 21.9. The number of nitrogens with two attached hydrogens (primary N) is 6. The van der Waals surface area contributed by atoms with E-state index in [2.05, 4.69) is 43.8 Å². The summed E-state index contributed by atoms with van der Waals surface area (Å²) >= 11 is 2.82. The quantitative estimate of drug-likeness (QED) is 0.0235. The molecule has 0 aliphatic rings. The van der Waals surface area contributed by atoms with Crippen LogP contribution in [0, 0.1) is 41.4 Å². The Morgan fingerprint density at radius 3 is 1.39 bits per heavy atom. The predicted molar refractivity (Wildman–Crippen MR) is 453 cm³/mol. The summed E-state index contributed by atoms with van der Waals surface area (Å²) in [6.07, 6.45) is 15.0. The molecule has 0 spiro atoms. The van der Waals surface area contributed by atoms with E-state index < -0.39 is 212 Å². The zero-order chi connectivity index (χ0) is 87.8. The number of aliphatic imine (C=N–C) groups is 1. The normalized spacial score (nSPS) is 14.4. The summed E-state index contributed by atoms with van der Waals surface area (Å²) in [5.41, 5.74) is 34.4. The molecule has 22 N–H and O–H groups in total. The molecule has 32 nitrogen and oxygen atoms in total. The van der Waals surface area contributed by atoms with Crippen molar-refractivity contribution >= 4 is 117 Å². The molecule has 0 heterocycles. The van der Waals surface area contributed by atoms with E-state index in [0.29, 0.717) is 49.8 Å². The van der Waals surface area contributed by atoms with Crippen LogP contribution in [-0.2, 0) is 78.3 Å². The van der Waals surface area contributed by atoms with Crippen molar-refractivity contribution in [3.8, 4) is 5.75 Å². The zero-order valence-electron chi connectivity index (χ0n) is 70.2. The largest absolute Gasteiger partial charge is 0.508 e. The van der Waals surface area contributed by atoms with E-state index in [9.17, 15) is 92.3 Å². The van der Waals surface area contributed by atoms with Crippen molar-refractivity contribution in [2.75, 3.05) is 56.8 Å². The number of aliphatic carboxylic acids is 1. The van der Waals surface area contributed by atoms with Crippen molar-refractivity contribution in [3.63, 3.8) is 0 Å². The first kappa shape index (κ1) is 107. The maximum absolute atomic E-state index is 14.9. The van der Waals surface area contributed by atoms with Gasteiger partial charge in [0.15, 0.2) is 34.9 Å². The number of primary amides is 2. The van der Waals surface area contributed by atoms with Crippen LogP contribution < -0.4 is 66.3 Å². The number of carbonyl (C=O) groups excluding carboxylic acids is 14. The molecule has 0 fully saturated rings. The van der Waals surface area contributed by atoms with E-state index >= 15 is 0 Å². The van der Waals surface area contributed by atoms with Crippen molar-refractivity contribution in [3.05, 3.63) is 29.8 Å². The van der Waals surface area contributed by atoms with E-state index in [-0.39, 0.29) is 107 Å². The second-order valence-electron chi connectivity index (χ2n) is 31.3. The highest BCUT2D eigenvalue weighted by atomic mass is 32.2. The maximum atomic E-state index is 14.9. The van der Waals surface area contributed by atoms with Gasteiger partial charge in [0.2, 0.25) is 47.3 Å². The van der Waals surface area contributed by atoms with Crippen LogP contribution in [0.3, 0.4) is 0 Å². The molecule has 0 aromatic heterocycles. The van der Waals surface area contributed by atoms with Gasteiger partial charge in [-0.2, -0.15) is 23.5 Å². The zero-order valence-corrected chi connectivity index (χ0v) is 71.8. The minimum absolute atomic E-state index is 0.0157. The van der Waals surface area contributed by atoms with Gasteiger partial charge in [0.25, 0.3) is 0 Å². The number of amides is 8. The van der Waals surface area contributed by atoms with E-state index in [0.717, 1.165) is 25.7 Å². The summed E-state index contributed by atoms with van der Waals surface area (Å²) in [6.45, 7) is 5.98. The van der Waals surface area contributed by atoms with Crippen LogP contribution in [-0.4, -0.2) is 207 Å². The number of thioether (sulfide) groups is 2. The number of nitrogens with one attached hydrogen (secondary N) is 6. The fourth-order valence-corrected chi connectivity index (χ4v) is 14.7. The number of ketones is 6. The third-order valence-electron chi connectivity index (χ3n) is 20.6. The Labute approximate surface area is 700 Å². The summed E-state index contributed by atoms with van der Waals surface area (Å²) in [5.74, 6) is -18.7. The minimum atomic E-state index is -1.69. The molecule has 1 aromatic rings. The Morgan fingerprint density at radius 1 is 0.453 bits per heavy atom. The molecule has 117 heavy (non-hydrogen) atoms. The molecule has 1 rings (SSSR count). The summed E-state index contributed by atoms with van der Waals surface area (Å²) in [5, 5.41) is 56.3. The number of Topliss-reactive ketones (excluding diaryl/α,β-unsaturated/α-hetero) is 6. The van der Waals surface area contributed by atoms with Gasteiger partial charge in [-0.05, 0) is 151 Å². The van der Waals surface area contributed by atoms with Crippen molar-refractivity contribution in [1.29, 1.82) is 0 Å². The van der Waals surface area contributed by atoms with Gasteiger partial charge in [0, 0.05) is 81.6 Å². The molecular weight excluding hydrogens is 1550 g/mol. The molecule has 0 saturated heterocycles. The smallest absolute Gasteiger partial charge is 0.305 e. The number of unbranched alkanes of at least 4 members (excludes halogenated alkanes) is 14. The van der Waals surface area contributed by atoms with Gasteiger partial charge in [0.05, 0.1) is 61.7 Å². The third kappa shape index (κ3) is 48.7. The number of guanidine groups is 1. The summed E-state index contributed by atoms with van der Waals surface area (Å²) in [6, 6.07) is -1.25. The van der Waals surface area contributed by atoms with Gasteiger partial charge >= 0.3 is 5.97 Å². The Morgan fingerprint density at radius 2 is 0.897 bits per heavy atom. The van der Waals surface area contributed by atoms with E-state index in [1.54, 1.807) is 32.2 Å². The average Bonchev–Trinajstić information content (AvgIpc) is 0.860. The highest BCUT2D eigenvalue weighted by Gasteiger charge is 2.38. The van der Waals surface area contributed by atoms with E-state index in [1.165, 1.54) is 100 Å². The molecule has 0 aliphatic heterocycles. The number of aliphatic hydroxyl groups is 2. The first-order valence-corrected chi connectivity index (χ1v) is 44.7. The number of benzene rings is 1. The molecule has 8 amide bonds. The van der Waals surface area contributed by atoms with Crippen molar-refractivity contribution in [2.45, 2.75) is 289 Å². The monoisotopic (exact) mass is 1690 g/mol. The molecule has 1 aromatic carbocycles. The molecule has 34 heteroatoms. The topological polar surface area (TPSA) is 578 Å².